The van der Waals surface area contributed by atoms with Gasteiger partial charge in [-0.15, -0.1) is 0 Å². The SMILES string of the molecule is COc1ccc2nccc(CCC[C@@H]3CCN(CCSC4CCC4)C[C@@H]3CCC(=O)O)c2c1. The minimum Gasteiger partial charge on any atom is -0.497 e. The number of fused-ring (bicyclic) bond motifs is 1. The number of methoxy groups -OCH3 is 1. The van der Waals surface area contributed by atoms with E-state index in [1.54, 1.807) is 7.11 Å². The number of aliphatic carboxylic acids is 1. The van der Waals surface area contributed by atoms with E-state index >= 15 is 0 Å². The first-order valence-electron chi connectivity index (χ1n) is 12.6. The smallest absolute Gasteiger partial charge is 0.303 e. The van der Waals surface area contributed by atoms with Gasteiger partial charge in [0.1, 0.15) is 5.75 Å². The standard InChI is InChI=1S/C27H38N2O3S/c1-32-23-9-10-26-25(18-23)21(12-14-28-26)5-2-4-20-13-15-29(16-17-33-24-6-3-7-24)19-22(20)8-11-27(30)31/h9-10,12,14,18,20,22,24H,2-8,11,13,15-17,19H2,1H3,(H,30,31)/t20-,22+/m1/s1. The van der Waals surface area contributed by atoms with E-state index in [-0.39, 0.29) is 0 Å². The third kappa shape index (κ3) is 6.86. The third-order valence-corrected chi connectivity index (χ3v) is 8.94. The van der Waals surface area contributed by atoms with E-state index in [4.69, 9.17) is 4.74 Å². The van der Waals surface area contributed by atoms with Gasteiger partial charge in [0.05, 0.1) is 12.6 Å². The minimum atomic E-state index is -0.663. The number of hydrogen-bond donors (Lipinski definition) is 1. The van der Waals surface area contributed by atoms with Crippen LogP contribution in [0.3, 0.4) is 0 Å². The maximum atomic E-state index is 11.3. The van der Waals surface area contributed by atoms with Crippen molar-refractivity contribution < 1.29 is 14.6 Å². The molecule has 0 radical (unpaired) electrons. The molecule has 4 rings (SSSR count). The Morgan fingerprint density at radius 1 is 1.21 bits per heavy atom. The highest BCUT2D eigenvalue weighted by molar-refractivity contribution is 7.99. The van der Waals surface area contributed by atoms with Crippen molar-refractivity contribution in [2.24, 2.45) is 11.8 Å². The van der Waals surface area contributed by atoms with Crippen LogP contribution in [0.1, 0.15) is 56.9 Å². The highest BCUT2D eigenvalue weighted by Crippen LogP contribution is 2.34. The Balaban J connectivity index is 1.31. The second-order valence-electron chi connectivity index (χ2n) is 9.71. The number of carbonyl (C=O) groups is 1. The molecule has 1 aliphatic heterocycles. The van der Waals surface area contributed by atoms with Gasteiger partial charge in [0.25, 0.3) is 0 Å². The Morgan fingerprint density at radius 3 is 2.85 bits per heavy atom. The second kappa shape index (κ2) is 12.1. The molecule has 180 valence electrons. The number of carboxylic acid groups (broad SMARTS) is 1. The van der Waals surface area contributed by atoms with Crippen molar-refractivity contribution in [1.82, 2.24) is 9.88 Å². The second-order valence-corrected chi connectivity index (χ2v) is 11.1. The van der Waals surface area contributed by atoms with Crippen LogP contribution in [-0.4, -0.2) is 58.7 Å². The number of aryl methyl sites for hydroxylation is 1. The number of thioether (sulfide) groups is 1. The molecule has 1 aromatic heterocycles. The quantitative estimate of drug-likeness (QED) is 0.432. The summed E-state index contributed by atoms with van der Waals surface area (Å²) >= 11 is 2.14. The summed E-state index contributed by atoms with van der Waals surface area (Å²) in [5.41, 5.74) is 2.34. The van der Waals surface area contributed by atoms with Gasteiger partial charge < -0.3 is 14.7 Å². The summed E-state index contributed by atoms with van der Waals surface area (Å²) in [7, 11) is 1.70. The molecule has 6 heteroatoms. The number of carboxylic acids is 1. The van der Waals surface area contributed by atoms with Crippen molar-refractivity contribution in [3.8, 4) is 5.75 Å². The van der Waals surface area contributed by atoms with Crippen LogP contribution in [-0.2, 0) is 11.2 Å². The molecular formula is C27H38N2O3S. The Morgan fingerprint density at radius 2 is 2.09 bits per heavy atom. The van der Waals surface area contributed by atoms with Crippen molar-refractivity contribution in [1.29, 1.82) is 0 Å². The molecule has 1 N–H and O–H groups in total. The van der Waals surface area contributed by atoms with Crippen LogP contribution >= 0.6 is 11.8 Å². The van der Waals surface area contributed by atoms with Gasteiger partial charge >= 0.3 is 5.97 Å². The van der Waals surface area contributed by atoms with Crippen LogP contribution in [0.25, 0.3) is 10.9 Å². The third-order valence-electron chi connectivity index (χ3n) is 7.58. The number of ether oxygens (including phenoxy) is 1. The molecule has 0 bridgehead atoms. The number of nitrogens with zero attached hydrogens (tertiary/aromatic N) is 2. The number of hydrogen-bond acceptors (Lipinski definition) is 5. The van der Waals surface area contributed by atoms with Crippen molar-refractivity contribution >= 4 is 28.6 Å². The molecule has 1 saturated heterocycles. The Bertz CT molecular complexity index is 917. The van der Waals surface area contributed by atoms with Gasteiger partial charge in [0, 0.05) is 42.1 Å². The predicted octanol–water partition coefficient (Wildman–Crippen LogP) is 5.65. The van der Waals surface area contributed by atoms with Crippen LogP contribution in [0.5, 0.6) is 5.75 Å². The Hall–Kier alpha value is -1.79. The van der Waals surface area contributed by atoms with Gasteiger partial charge in [0.2, 0.25) is 0 Å². The molecule has 1 saturated carbocycles. The molecule has 0 spiro atoms. The molecule has 0 amide bonds. The molecule has 2 aromatic rings. The first-order valence-corrected chi connectivity index (χ1v) is 13.6. The Kier molecular flexibility index (Phi) is 8.90. The van der Waals surface area contributed by atoms with Crippen LogP contribution in [0.15, 0.2) is 30.5 Å². The first kappa shape index (κ1) is 24.3. The lowest BCUT2D eigenvalue weighted by Gasteiger charge is -2.39. The highest BCUT2D eigenvalue weighted by Gasteiger charge is 2.29. The van der Waals surface area contributed by atoms with Crippen LogP contribution in [0.2, 0.25) is 0 Å². The van der Waals surface area contributed by atoms with E-state index < -0.39 is 5.97 Å². The summed E-state index contributed by atoms with van der Waals surface area (Å²) in [6, 6.07) is 8.21. The zero-order chi connectivity index (χ0) is 23.0. The topological polar surface area (TPSA) is 62.7 Å². The molecule has 2 aliphatic rings. The molecule has 2 fully saturated rings. The fourth-order valence-electron chi connectivity index (χ4n) is 5.34. The molecule has 33 heavy (non-hydrogen) atoms. The van der Waals surface area contributed by atoms with E-state index in [1.165, 1.54) is 48.8 Å². The summed E-state index contributed by atoms with van der Waals surface area (Å²) in [4.78, 5) is 18.4. The summed E-state index contributed by atoms with van der Waals surface area (Å²) in [5, 5.41) is 11.3. The van der Waals surface area contributed by atoms with Crippen molar-refractivity contribution in [3.05, 3.63) is 36.0 Å². The monoisotopic (exact) mass is 470 g/mol. The molecule has 1 aliphatic carbocycles. The number of piperidine rings is 1. The molecule has 0 unspecified atom stereocenters. The summed E-state index contributed by atoms with van der Waals surface area (Å²) in [6.45, 7) is 3.38. The van der Waals surface area contributed by atoms with Crippen molar-refractivity contribution in [3.63, 3.8) is 0 Å². The number of likely N-dealkylation sites (tertiary alicyclic amines) is 1. The van der Waals surface area contributed by atoms with Gasteiger partial charge in [-0.1, -0.05) is 6.42 Å². The summed E-state index contributed by atoms with van der Waals surface area (Å²) in [6.07, 6.45) is 11.7. The molecule has 2 atom stereocenters. The van der Waals surface area contributed by atoms with Crippen molar-refractivity contribution in [2.75, 3.05) is 32.5 Å². The van der Waals surface area contributed by atoms with Gasteiger partial charge in [-0.25, -0.2) is 0 Å². The molecule has 2 heterocycles. The fraction of sp³-hybridized carbons (Fsp3) is 0.630. The molecule has 1 aromatic carbocycles. The summed E-state index contributed by atoms with van der Waals surface area (Å²) in [5.74, 6) is 2.55. The van der Waals surface area contributed by atoms with E-state index in [0.717, 1.165) is 55.4 Å². The Labute approximate surface area is 202 Å². The maximum Gasteiger partial charge on any atom is 0.303 e. The van der Waals surface area contributed by atoms with Crippen LogP contribution < -0.4 is 4.74 Å². The van der Waals surface area contributed by atoms with Gasteiger partial charge in [-0.05, 0) is 93.2 Å². The molecule has 5 nitrogen and oxygen atoms in total. The minimum absolute atomic E-state index is 0.292. The number of benzene rings is 1. The zero-order valence-corrected chi connectivity index (χ0v) is 20.7. The van der Waals surface area contributed by atoms with E-state index in [0.29, 0.717) is 18.3 Å². The average molecular weight is 471 g/mol. The van der Waals surface area contributed by atoms with Gasteiger partial charge in [-0.2, -0.15) is 11.8 Å². The number of rotatable bonds is 12. The zero-order valence-electron chi connectivity index (χ0n) is 19.9. The predicted molar refractivity (Wildman–Crippen MR) is 136 cm³/mol. The largest absolute Gasteiger partial charge is 0.497 e. The molecular weight excluding hydrogens is 432 g/mol. The summed E-state index contributed by atoms with van der Waals surface area (Å²) < 4.78 is 5.42. The fourth-order valence-corrected chi connectivity index (χ4v) is 6.71. The van der Waals surface area contributed by atoms with Gasteiger partial charge in [0.15, 0.2) is 0 Å². The van der Waals surface area contributed by atoms with Crippen LogP contribution in [0.4, 0.5) is 0 Å². The van der Waals surface area contributed by atoms with E-state index in [9.17, 15) is 9.90 Å². The first-order chi connectivity index (χ1) is 16.1. The van der Waals surface area contributed by atoms with Crippen molar-refractivity contribution in [2.45, 2.75) is 63.0 Å². The lowest BCUT2D eigenvalue weighted by molar-refractivity contribution is -0.137. The number of aromatic nitrogens is 1. The lowest BCUT2D eigenvalue weighted by Crippen LogP contribution is -2.42. The average Bonchev–Trinajstić information content (AvgIpc) is 2.80. The van der Waals surface area contributed by atoms with E-state index in [2.05, 4.69) is 33.8 Å². The van der Waals surface area contributed by atoms with Gasteiger partial charge in [-0.3, -0.25) is 9.78 Å². The highest BCUT2D eigenvalue weighted by atomic mass is 32.2. The lowest BCUT2D eigenvalue weighted by atomic mass is 9.79. The number of pyridine rings is 1. The maximum absolute atomic E-state index is 11.3. The van der Waals surface area contributed by atoms with Crippen LogP contribution in [0, 0.1) is 11.8 Å². The normalized spacial score (nSPS) is 21.7. The van der Waals surface area contributed by atoms with E-state index in [1.807, 2.05) is 18.3 Å².